The second-order valence-electron chi connectivity index (χ2n) is 6.76. The molecule has 0 N–H and O–H groups in total. The minimum absolute atomic E-state index is 0.140. The minimum Gasteiger partial charge on any atom is -0.450 e. The highest BCUT2D eigenvalue weighted by molar-refractivity contribution is 7.90. The molecule has 0 fully saturated rings. The molecular formula is C22H15NO7S. The molecule has 3 aromatic carbocycles. The van der Waals surface area contributed by atoms with E-state index in [9.17, 15) is 23.3 Å². The Kier molecular flexibility index (Phi) is 5.04. The van der Waals surface area contributed by atoms with E-state index in [4.69, 9.17) is 9.15 Å². The first kappa shape index (κ1) is 20.3. The van der Waals surface area contributed by atoms with Crippen LogP contribution in [0.25, 0.3) is 22.1 Å². The third kappa shape index (κ3) is 4.17. The van der Waals surface area contributed by atoms with E-state index in [1.54, 1.807) is 12.1 Å². The van der Waals surface area contributed by atoms with Crippen molar-refractivity contribution in [3.8, 4) is 22.6 Å². The van der Waals surface area contributed by atoms with Crippen molar-refractivity contribution in [2.24, 2.45) is 0 Å². The number of sulfone groups is 1. The van der Waals surface area contributed by atoms with Crippen molar-refractivity contribution in [3.05, 3.63) is 93.3 Å². The molecule has 1 heterocycles. The van der Waals surface area contributed by atoms with Crippen LogP contribution in [-0.4, -0.2) is 19.6 Å². The quantitative estimate of drug-likeness (QED) is 0.255. The predicted molar refractivity (Wildman–Crippen MR) is 114 cm³/mol. The van der Waals surface area contributed by atoms with Gasteiger partial charge in [-0.25, -0.2) is 13.2 Å². The fourth-order valence-corrected chi connectivity index (χ4v) is 3.79. The fourth-order valence-electron chi connectivity index (χ4n) is 3.15. The van der Waals surface area contributed by atoms with Gasteiger partial charge >= 0.3 is 11.3 Å². The van der Waals surface area contributed by atoms with Crippen LogP contribution in [0.5, 0.6) is 11.5 Å². The molecule has 0 aliphatic carbocycles. The Balaban J connectivity index is 1.79. The molecule has 4 aromatic rings. The summed E-state index contributed by atoms with van der Waals surface area (Å²) < 4.78 is 34.3. The average molecular weight is 437 g/mol. The van der Waals surface area contributed by atoms with E-state index in [0.717, 1.165) is 17.9 Å². The minimum atomic E-state index is -3.62. The number of benzene rings is 3. The maximum atomic E-state index is 12.1. The summed E-state index contributed by atoms with van der Waals surface area (Å²) in [5, 5.41) is 12.1. The normalized spacial score (nSPS) is 11.4. The van der Waals surface area contributed by atoms with Crippen molar-refractivity contribution in [1.29, 1.82) is 0 Å². The van der Waals surface area contributed by atoms with Gasteiger partial charge in [0, 0.05) is 29.8 Å². The second kappa shape index (κ2) is 7.69. The topological polar surface area (TPSA) is 117 Å². The SMILES string of the molecule is CS(=O)(=O)c1ccc(Oc2ccc3c(-c4ccccc4)cc(=O)oc3c2)c([N+](=O)[O-])c1. The van der Waals surface area contributed by atoms with Gasteiger partial charge in [-0.3, -0.25) is 10.1 Å². The Morgan fingerprint density at radius 2 is 1.71 bits per heavy atom. The van der Waals surface area contributed by atoms with E-state index in [1.165, 1.54) is 24.3 Å². The molecule has 0 amide bonds. The molecule has 0 aliphatic rings. The number of hydrogen-bond donors (Lipinski definition) is 0. The van der Waals surface area contributed by atoms with Crippen LogP contribution in [0.2, 0.25) is 0 Å². The first-order valence-electron chi connectivity index (χ1n) is 9.02. The van der Waals surface area contributed by atoms with Crippen molar-refractivity contribution in [3.63, 3.8) is 0 Å². The lowest BCUT2D eigenvalue weighted by molar-refractivity contribution is -0.385. The predicted octanol–water partition coefficient (Wildman–Crippen LogP) is 4.56. The van der Waals surface area contributed by atoms with Crippen LogP contribution in [0.1, 0.15) is 0 Å². The van der Waals surface area contributed by atoms with E-state index in [1.807, 2.05) is 30.3 Å². The van der Waals surface area contributed by atoms with Crippen molar-refractivity contribution in [2.45, 2.75) is 4.90 Å². The Morgan fingerprint density at radius 3 is 2.39 bits per heavy atom. The summed E-state index contributed by atoms with van der Waals surface area (Å²) in [6.07, 6.45) is 0.961. The third-order valence-corrected chi connectivity index (χ3v) is 5.69. The van der Waals surface area contributed by atoms with E-state index in [2.05, 4.69) is 0 Å². The number of fused-ring (bicyclic) bond motifs is 1. The van der Waals surface area contributed by atoms with E-state index < -0.39 is 26.1 Å². The standard InChI is InChI=1S/C22H15NO7S/c1-31(27,28)16-8-10-20(19(12-16)23(25)26)29-15-7-9-17-18(14-5-3-2-4-6-14)13-22(24)30-21(17)11-15/h2-13H,1H3. The van der Waals surface area contributed by atoms with Gasteiger partial charge in [0.2, 0.25) is 5.75 Å². The molecule has 0 unspecified atom stereocenters. The van der Waals surface area contributed by atoms with Gasteiger partial charge in [0.05, 0.1) is 9.82 Å². The summed E-state index contributed by atoms with van der Waals surface area (Å²) in [5.41, 5.74) is 0.719. The molecule has 9 heteroatoms. The molecule has 1 aromatic heterocycles. The molecule has 0 aliphatic heterocycles. The van der Waals surface area contributed by atoms with Crippen molar-refractivity contribution >= 4 is 26.5 Å². The molecule has 156 valence electrons. The highest BCUT2D eigenvalue weighted by atomic mass is 32.2. The second-order valence-corrected chi connectivity index (χ2v) is 8.78. The molecule has 0 bridgehead atoms. The molecule has 0 radical (unpaired) electrons. The molecule has 0 saturated carbocycles. The van der Waals surface area contributed by atoms with Gasteiger partial charge in [0.1, 0.15) is 11.3 Å². The Labute approximate surface area is 176 Å². The van der Waals surface area contributed by atoms with Gasteiger partial charge in [0.25, 0.3) is 0 Å². The van der Waals surface area contributed by atoms with Crippen LogP contribution in [0.15, 0.2) is 86.9 Å². The lowest BCUT2D eigenvalue weighted by Crippen LogP contribution is -2.00. The number of nitrogens with zero attached hydrogens (tertiary/aromatic N) is 1. The summed E-state index contributed by atoms with van der Waals surface area (Å²) in [6, 6.07) is 18.8. The number of hydrogen-bond acceptors (Lipinski definition) is 7. The first-order valence-corrected chi connectivity index (χ1v) is 10.9. The van der Waals surface area contributed by atoms with Gasteiger partial charge in [-0.2, -0.15) is 0 Å². The van der Waals surface area contributed by atoms with Crippen LogP contribution < -0.4 is 10.4 Å². The fraction of sp³-hybridized carbons (Fsp3) is 0.0455. The van der Waals surface area contributed by atoms with Crippen LogP contribution >= 0.6 is 0 Å². The average Bonchev–Trinajstić information content (AvgIpc) is 2.73. The van der Waals surface area contributed by atoms with Crippen molar-refractivity contribution in [1.82, 2.24) is 0 Å². The van der Waals surface area contributed by atoms with Crippen molar-refractivity contribution < 1.29 is 22.5 Å². The number of nitro benzene ring substituents is 1. The van der Waals surface area contributed by atoms with Crippen LogP contribution in [0.4, 0.5) is 5.69 Å². The molecule has 4 rings (SSSR count). The zero-order chi connectivity index (χ0) is 22.2. The van der Waals surface area contributed by atoms with Gasteiger partial charge in [-0.05, 0) is 35.4 Å². The van der Waals surface area contributed by atoms with Gasteiger partial charge < -0.3 is 9.15 Å². The molecule has 0 spiro atoms. The highest BCUT2D eigenvalue weighted by Gasteiger charge is 2.21. The van der Waals surface area contributed by atoms with Crippen LogP contribution in [0, 0.1) is 10.1 Å². The smallest absolute Gasteiger partial charge is 0.336 e. The maximum Gasteiger partial charge on any atom is 0.336 e. The van der Waals surface area contributed by atoms with Gasteiger partial charge in [-0.15, -0.1) is 0 Å². The largest absolute Gasteiger partial charge is 0.450 e. The zero-order valence-electron chi connectivity index (χ0n) is 16.1. The summed E-state index contributed by atoms with van der Waals surface area (Å²) in [4.78, 5) is 22.6. The summed E-state index contributed by atoms with van der Waals surface area (Å²) in [5.74, 6) is 0.0504. The monoisotopic (exact) mass is 437 g/mol. The summed E-state index contributed by atoms with van der Waals surface area (Å²) in [7, 11) is -3.62. The molecule has 8 nitrogen and oxygen atoms in total. The lowest BCUT2D eigenvalue weighted by atomic mass is 10.0. The molecule has 31 heavy (non-hydrogen) atoms. The van der Waals surface area contributed by atoms with Gasteiger partial charge in [-0.1, -0.05) is 30.3 Å². The van der Waals surface area contributed by atoms with E-state index in [-0.39, 0.29) is 22.0 Å². The summed E-state index contributed by atoms with van der Waals surface area (Å²) in [6.45, 7) is 0. The van der Waals surface area contributed by atoms with Crippen LogP contribution in [0.3, 0.4) is 0 Å². The zero-order valence-corrected chi connectivity index (χ0v) is 17.0. The molecular weight excluding hydrogens is 422 g/mol. The number of rotatable bonds is 5. The van der Waals surface area contributed by atoms with Crippen molar-refractivity contribution in [2.75, 3.05) is 6.26 Å². The Bertz CT molecular complexity index is 1480. The summed E-state index contributed by atoms with van der Waals surface area (Å²) >= 11 is 0. The van der Waals surface area contributed by atoms with E-state index >= 15 is 0 Å². The Morgan fingerprint density at radius 1 is 0.968 bits per heavy atom. The number of nitro groups is 1. The number of ether oxygens (including phenoxy) is 1. The van der Waals surface area contributed by atoms with Gasteiger partial charge in [0.15, 0.2) is 9.84 Å². The maximum absolute atomic E-state index is 12.1. The van der Waals surface area contributed by atoms with E-state index in [0.29, 0.717) is 10.9 Å². The molecule has 0 atom stereocenters. The lowest BCUT2D eigenvalue weighted by Gasteiger charge is -2.10. The third-order valence-electron chi connectivity index (χ3n) is 4.58. The Hall–Kier alpha value is -3.98. The van der Waals surface area contributed by atoms with Crippen LogP contribution in [-0.2, 0) is 9.84 Å². The first-order chi connectivity index (χ1) is 14.7. The molecule has 0 saturated heterocycles. The highest BCUT2D eigenvalue weighted by Crippen LogP contribution is 2.35.